The van der Waals surface area contributed by atoms with Crippen LogP contribution in [-0.2, 0) is 0 Å². The molecule has 0 fully saturated rings. The molecule has 0 saturated heterocycles. The van der Waals surface area contributed by atoms with Gasteiger partial charge in [0.25, 0.3) is 0 Å². The number of hydrogen-bond donors (Lipinski definition) is 3. The smallest absolute Gasteiger partial charge is 0.193 e. The van der Waals surface area contributed by atoms with Crippen LogP contribution < -0.4 is 16.8 Å². The van der Waals surface area contributed by atoms with Gasteiger partial charge in [0.2, 0.25) is 0 Å². The van der Waals surface area contributed by atoms with E-state index in [0.717, 1.165) is 11.3 Å². The zero-order valence-corrected chi connectivity index (χ0v) is 9.20. The zero-order chi connectivity index (χ0) is 11.3. The molecule has 0 bridgehead atoms. The van der Waals surface area contributed by atoms with Crippen LogP contribution in [0.5, 0.6) is 0 Å². The molecule has 0 aliphatic carbocycles. The standard InChI is InChI=1S/C11H18N4/c1-3-14-11(13)15-10-6-4-5-9(7-10)8(2)12/h4-8H,3,12H2,1-2H3,(H3,13,14,15). The van der Waals surface area contributed by atoms with Gasteiger partial charge in [-0.25, -0.2) is 0 Å². The Morgan fingerprint density at radius 2 is 2.27 bits per heavy atom. The second kappa shape index (κ2) is 5.36. The van der Waals surface area contributed by atoms with Gasteiger partial charge in [-0.3, -0.25) is 4.99 Å². The first kappa shape index (κ1) is 11.5. The van der Waals surface area contributed by atoms with E-state index in [4.69, 9.17) is 11.5 Å². The third-order valence-corrected chi connectivity index (χ3v) is 2.01. The largest absolute Gasteiger partial charge is 0.370 e. The quantitative estimate of drug-likeness (QED) is 0.517. The van der Waals surface area contributed by atoms with Crippen molar-refractivity contribution in [1.82, 2.24) is 0 Å². The molecule has 0 aromatic heterocycles. The van der Waals surface area contributed by atoms with Gasteiger partial charge in [-0.05, 0) is 31.5 Å². The van der Waals surface area contributed by atoms with Gasteiger partial charge >= 0.3 is 0 Å². The van der Waals surface area contributed by atoms with Gasteiger partial charge in [0.05, 0.1) is 0 Å². The molecule has 1 unspecified atom stereocenters. The monoisotopic (exact) mass is 206 g/mol. The predicted octanol–water partition coefficient (Wildman–Crippen LogP) is 1.45. The minimum atomic E-state index is 0.0242. The first-order valence-electron chi connectivity index (χ1n) is 5.06. The Morgan fingerprint density at radius 3 is 2.87 bits per heavy atom. The van der Waals surface area contributed by atoms with Crippen LogP contribution >= 0.6 is 0 Å². The van der Waals surface area contributed by atoms with Crippen molar-refractivity contribution < 1.29 is 0 Å². The molecule has 1 aromatic rings. The molecule has 4 heteroatoms. The molecule has 1 aromatic carbocycles. The highest BCUT2D eigenvalue weighted by molar-refractivity contribution is 5.92. The summed E-state index contributed by atoms with van der Waals surface area (Å²) in [6.07, 6.45) is 0. The average molecular weight is 206 g/mol. The van der Waals surface area contributed by atoms with Crippen molar-refractivity contribution in [3.8, 4) is 0 Å². The third kappa shape index (κ3) is 3.59. The summed E-state index contributed by atoms with van der Waals surface area (Å²) < 4.78 is 0. The van der Waals surface area contributed by atoms with E-state index in [1.165, 1.54) is 0 Å². The van der Waals surface area contributed by atoms with Crippen molar-refractivity contribution in [3.05, 3.63) is 29.8 Å². The summed E-state index contributed by atoms with van der Waals surface area (Å²) in [6.45, 7) is 4.56. The normalized spacial score (nSPS) is 13.7. The summed E-state index contributed by atoms with van der Waals surface area (Å²) in [7, 11) is 0. The van der Waals surface area contributed by atoms with E-state index in [1.807, 2.05) is 38.1 Å². The van der Waals surface area contributed by atoms with Crippen molar-refractivity contribution in [2.75, 3.05) is 11.9 Å². The second-order valence-electron chi connectivity index (χ2n) is 3.40. The topological polar surface area (TPSA) is 76.4 Å². The minimum Gasteiger partial charge on any atom is -0.370 e. The lowest BCUT2D eigenvalue weighted by molar-refractivity contribution is 0.819. The fourth-order valence-corrected chi connectivity index (χ4v) is 1.26. The summed E-state index contributed by atoms with van der Waals surface area (Å²) in [4.78, 5) is 4.05. The molecular weight excluding hydrogens is 188 g/mol. The van der Waals surface area contributed by atoms with Crippen LogP contribution in [0.25, 0.3) is 0 Å². The molecule has 0 aliphatic rings. The number of anilines is 1. The lowest BCUT2D eigenvalue weighted by Crippen LogP contribution is -2.22. The molecule has 82 valence electrons. The van der Waals surface area contributed by atoms with Gasteiger partial charge in [0, 0.05) is 18.3 Å². The van der Waals surface area contributed by atoms with Gasteiger partial charge < -0.3 is 16.8 Å². The Labute approximate surface area is 90.4 Å². The summed E-state index contributed by atoms with van der Waals surface area (Å²) in [6, 6.07) is 7.87. The Morgan fingerprint density at radius 1 is 1.53 bits per heavy atom. The van der Waals surface area contributed by atoms with E-state index in [2.05, 4.69) is 10.3 Å². The first-order valence-corrected chi connectivity index (χ1v) is 5.06. The van der Waals surface area contributed by atoms with E-state index < -0.39 is 0 Å². The van der Waals surface area contributed by atoms with Crippen LogP contribution in [0.4, 0.5) is 5.69 Å². The molecule has 4 nitrogen and oxygen atoms in total. The summed E-state index contributed by atoms with van der Waals surface area (Å²) >= 11 is 0. The molecule has 0 aliphatic heterocycles. The Bertz CT molecular complexity index is 344. The number of nitrogens with zero attached hydrogens (tertiary/aromatic N) is 1. The number of nitrogens with one attached hydrogen (secondary N) is 1. The summed E-state index contributed by atoms with van der Waals surface area (Å²) in [5, 5.41) is 3.01. The van der Waals surface area contributed by atoms with Crippen molar-refractivity contribution in [2.24, 2.45) is 16.5 Å². The van der Waals surface area contributed by atoms with E-state index in [1.54, 1.807) is 0 Å². The Kier molecular flexibility index (Phi) is 4.12. The van der Waals surface area contributed by atoms with E-state index in [-0.39, 0.29) is 6.04 Å². The number of guanidine groups is 1. The number of nitrogens with two attached hydrogens (primary N) is 2. The number of aliphatic imine (C=N–C) groups is 1. The van der Waals surface area contributed by atoms with Crippen molar-refractivity contribution >= 4 is 11.6 Å². The zero-order valence-electron chi connectivity index (χ0n) is 9.20. The fourth-order valence-electron chi connectivity index (χ4n) is 1.26. The predicted molar refractivity (Wildman–Crippen MR) is 64.8 cm³/mol. The van der Waals surface area contributed by atoms with Crippen LogP contribution in [0, 0.1) is 0 Å². The van der Waals surface area contributed by atoms with Crippen LogP contribution in [0.3, 0.4) is 0 Å². The van der Waals surface area contributed by atoms with Crippen LogP contribution in [0.2, 0.25) is 0 Å². The maximum atomic E-state index is 5.78. The molecule has 15 heavy (non-hydrogen) atoms. The van der Waals surface area contributed by atoms with Crippen LogP contribution in [0.15, 0.2) is 29.3 Å². The molecule has 0 radical (unpaired) electrons. The maximum absolute atomic E-state index is 5.78. The molecule has 0 heterocycles. The molecule has 0 saturated carbocycles. The molecule has 0 spiro atoms. The second-order valence-corrected chi connectivity index (χ2v) is 3.40. The van der Waals surface area contributed by atoms with Gasteiger partial charge in [-0.15, -0.1) is 0 Å². The van der Waals surface area contributed by atoms with Crippen LogP contribution in [-0.4, -0.2) is 12.5 Å². The Balaban J connectivity index is 2.78. The average Bonchev–Trinajstić information content (AvgIpc) is 2.18. The lowest BCUT2D eigenvalue weighted by atomic mass is 10.1. The Hall–Kier alpha value is -1.55. The van der Waals surface area contributed by atoms with Crippen molar-refractivity contribution in [3.63, 3.8) is 0 Å². The van der Waals surface area contributed by atoms with Crippen LogP contribution in [0.1, 0.15) is 25.5 Å². The molecule has 1 atom stereocenters. The summed E-state index contributed by atoms with van der Waals surface area (Å²) in [5.41, 5.74) is 13.4. The first-order chi connectivity index (χ1) is 7.13. The molecular formula is C11H18N4. The fraction of sp³-hybridized carbons (Fsp3) is 0.364. The highest BCUT2D eigenvalue weighted by atomic mass is 15.1. The minimum absolute atomic E-state index is 0.0242. The highest BCUT2D eigenvalue weighted by Crippen LogP contribution is 2.15. The van der Waals surface area contributed by atoms with Gasteiger partial charge in [0.1, 0.15) is 0 Å². The SMILES string of the molecule is CCN=C(N)Nc1cccc(C(C)N)c1. The number of rotatable bonds is 3. The van der Waals surface area contributed by atoms with E-state index >= 15 is 0 Å². The molecule has 0 amide bonds. The van der Waals surface area contributed by atoms with E-state index in [0.29, 0.717) is 12.5 Å². The number of benzene rings is 1. The number of hydrogen-bond acceptors (Lipinski definition) is 2. The molecule has 1 rings (SSSR count). The highest BCUT2D eigenvalue weighted by Gasteiger charge is 2.00. The van der Waals surface area contributed by atoms with Gasteiger partial charge in [0.15, 0.2) is 5.96 Å². The maximum Gasteiger partial charge on any atom is 0.193 e. The third-order valence-electron chi connectivity index (χ3n) is 2.01. The summed E-state index contributed by atoms with van der Waals surface area (Å²) in [5.74, 6) is 0.430. The van der Waals surface area contributed by atoms with E-state index in [9.17, 15) is 0 Å². The van der Waals surface area contributed by atoms with Gasteiger partial charge in [-0.2, -0.15) is 0 Å². The van der Waals surface area contributed by atoms with Crippen molar-refractivity contribution in [2.45, 2.75) is 19.9 Å². The lowest BCUT2D eigenvalue weighted by Gasteiger charge is -2.09. The van der Waals surface area contributed by atoms with Crippen molar-refractivity contribution in [1.29, 1.82) is 0 Å². The molecule has 5 N–H and O–H groups in total. The van der Waals surface area contributed by atoms with Gasteiger partial charge in [-0.1, -0.05) is 12.1 Å².